The molecule has 86 valence electrons. The zero-order chi connectivity index (χ0) is 11.7. The van der Waals surface area contributed by atoms with Crippen LogP contribution in [0, 0.1) is 0 Å². The minimum Gasteiger partial charge on any atom is -1.00 e. The van der Waals surface area contributed by atoms with Gasteiger partial charge < -0.3 is 30.8 Å². The molecule has 14 heavy (non-hydrogen) atoms. The van der Waals surface area contributed by atoms with Gasteiger partial charge in [0.15, 0.2) is 0 Å². The van der Waals surface area contributed by atoms with Crippen LogP contribution in [0.1, 0.15) is 21.7 Å². The Morgan fingerprint density at radius 2 is 0.857 bits per heavy atom. The summed E-state index contributed by atoms with van der Waals surface area (Å²) in [5.41, 5.74) is 0. The molecular weight excluding hydrogens is 281 g/mol. The second kappa shape index (κ2) is 13.1. The van der Waals surface area contributed by atoms with Crippen LogP contribution >= 0.6 is 13.4 Å². The largest absolute Gasteiger partial charge is 1.00 e. The van der Waals surface area contributed by atoms with Crippen molar-refractivity contribution >= 4 is 37.1 Å². The summed E-state index contributed by atoms with van der Waals surface area (Å²) >= 11 is 7.21. The third-order valence-corrected chi connectivity index (χ3v) is 0. The van der Waals surface area contributed by atoms with Crippen LogP contribution in [0.15, 0.2) is 0 Å². The Hall–Kier alpha value is 2.06. The Labute approximate surface area is 117 Å². The zero-order valence-corrected chi connectivity index (χ0v) is 13.5. The van der Waals surface area contributed by atoms with Gasteiger partial charge in [-0.25, -0.2) is 0 Å². The zero-order valence-electron chi connectivity index (χ0n) is 9.10. The molecule has 6 nitrogen and oxygen atoms in total. The van der Waals surface area contributed by atoms with Crippen molar-refractivity contribution in [2.24, 2.45) is 0 Å². The van der Waals surface area contributed by atoms with Gasteiger partial charge in [-0.05, 0) is 23.6 Å². The Morgan fingerprint density at radius 1 is 0.857 bits per heavy atom. The van der Waals surface area contributed by atoms with Crippen molar-refractivity contribution in [1.29, 1.82) is 0 Å². The monoisotopic (exact) mass is 296 g/mol. The molecule has 0 amide bonds. The molecule has 0 heterocycles. The molecule has 6 N–H and O–H groups in total. The maximum atomic E-state index is 7.56. The van der Waals surface area contributed by atoms with Crippen molar-refractivity contribution in [3.8, 4) is 0 Å². The van der Waals surface area contributed by atoms with Crippen molar-refractivity contribution in [1.82, 2.24) is 0 Å². The van der Waals surface area contributed by atoms with Gasteiger partial charge in [-0.3, -0.25) is 0 Å². The molecule has 0 fully saturated rings. The van der Waals surface area contributed by atoms with Crippen LogP contribution in [0.3, 0.4) is 0 Å². The van der Waals surface area contributed by atoms with E-state index in [0.29, 0.717) is 0 Å². The fourth-order valence-corrected chi connectivity index (χ4v) is 0. The van der Waals surface area contributed by atoms with Gasteiger partial charge in [-0.1, -0.05) is 20.3 Å². The smallest absolute Gasteiger partial charge is 1.00 e. The van der Waals surface area contributed by atoms with Crippen LogP contribution in [-0.2, 0) is 23.6 Å². The van der Waals surface area contributed by atoms with E-state index in [0.717, 1.165) is 0 Å². The van der Waals surface area contributed by atoms with Gasteiger partial charge in [0.05, 0.1) is 0 Å². The first-order valence-corrected chi connectivity index (χ1v) is 8.30. The summed E-state index contributed by atoms with van der Waals surface area (Å²) in [6.45, 7) is -3.36. The molecule has 0 bridgehead atoms. The summed E-state index contributed by atoms with van der Waals surface area (Å²) in [6, 6.07) is 0. The summed E-state index contributed by atoms with van der Waals surface area (Å²) in [6.07, 6.45) is 1.25. The van der Waals surface area contributed by atoms with E-state index in [-0.39, 0.29) is 31.0 Å². The Balaban J connectivity index is -0.0000000322. The SMILES string of the molecule is CCC.OP(O)(O)=S.OP(O)(O)=S.[H-].[Na+]. The molecule has 0 radical (unpaired) electrons. The van der Waals surface area contributed by atoms with E-state index in [9.17, 15) is 0 Å². The third-order valence-electron chi connectivity index (χ3n) is 0. The third kappa shape index (κ3) is 565. The second-order valence-corrected chi connectivity index (χ2v) is 6.73. The first kappa shape index (κ1) is 25.0. The molecule has 0 rings (SSSR count). The molecule has 0 saturated carbocycles. The molecule has 0 spiro atoms. The second-order valence-electron chi connectivity index (χ2n) is 1.73. The van der Waals surface area contributed by atoms with Gasteiger partial charge in [-0.2, -0.15) is 0 Å². The summed E-state index contributed by atoms with van der Waals surface area (Å²) in [4.78, 5) is 45.3. The molecule has 0 aliphatic carbocycles. The van der Waals surface area contributed by atoms with Crippen molar-refractivity contribution in [3.63, 3.8) is 0 Å². The van der Waals surface area contributed by atoms with Gasteiger partial charge in [0.1, 0.15) is 0 Å². The fraction of sp³-hybridized carbons (Fsp3) is 1.00. The van der Waals surface area contributed by atoms with Crippen molar-refractivity contribution in [3.05, 3.63) is 0 Å². The number of rotatable bonds is 0. The minimum atomic E-state index is -3.81. The van der Waals surface area contributed by atoms with Crippen molar-refractivity contribution in [2.45, 2.75) is 20.3 Å². The standard InChI is InChI=1S/C3H8.Na.2H3O3PS.H/c1-3-2;;2*1-4(2,3)5;/h3H2,1-2H3;;2*(H3,1,2,3,5);/q;+1;;;-1. The summed E-state index contributed by atoms with van der Waals surface area (Å²) in [5.74, 6) is 0. The predicted octanol–water partition coefficient (Wildman–Crippen LogP) is -3.09. The molecule has 0 saturated heterocycles. The summed E-state index contributed by atoms with van der Waals surface area (Å²) in [7, 11) is 0. The normalized spacial score (nSPS) is 9.71. The van der Waals surface area contributed by atoms with E-state index in [1.165, 1.54) is 6.42 Å². The van der Waals surface area contributed by atoms with Crippen molar-refractivity contribution in [2.75, 3.05) is 0 Å². The predicted molar refractivity (Wildman–Crippen MR) is 59.0 cm³/mol. The molecule has 0 aromatic rings. The minimum absolute atomic E-state index is 0. The van der Waals surface area contributed by atoms with E-state index in [2.05, 4.69) is 37.5 Å². The topological polar surface area (TPSA) is 121 Å². The average molecular weight is 296 g/mol. The first-order valence-electron chi connectivity index (χ1n) is 2.98. The molecule has 0 aromatic heterocycles. The molecular formula is C3H15NaO6P2S2. The van der Waals surface area contributed by atoms with Crippen LogP contribution in [0.2, 0.25) is 0 Å². The Bertz CT molecular complexity index is 158. The maximum absolute atomic E-state index is 7.56. The summed E-state index contributed by atoms with van der Waals surface area (Å²) in [5, 5.41) is 0. The Kier molecular flexibility index (Phi) is 23.5. The number of hydrogen-bond donors (Lipinski definition) is 6. The molecule has 11 heteroatoms. The molecule has 0 atom stereocenters. The van der Waals surface area contributed by atoms with E-state index in [1.54, 1.807) is 0 Å². The summed E-state index contributed by atoms with van der Waals surface area (Å²) < 4.78 is 0. The van der Waals surface area contributed by atoms with E-state index in [1.807, 2.05) is 0 Å². The van der Waals surface area contributed by atoms with Crippen molar-refractivity contribution < 1.29 is 60.3 Å². The van der Waals surface area contributed by atoms with E-state index >= 15 is 0 Å². The van der Waals surface area contributed by atoms with Crippen LogP contribution in [-0.4, -0.2) is 29.4 Å². The Morgan fingerprint density at radius 3 is 0.857 bits per heavy atom. The van der Waals surface area contributed by atoms with Crippen LogP contribution in [0.5, 0.6) is 0 Å². The fourth-order valence-electron chi connectivity index (χ4n) is 0. The van der Waals surface area contributed by atoms with Gasteiger partial charge in [0, 0.05) is 0 Å². The quantitative estimate of drug-likeness (QED) is 0.205. The van der Waals surface area contributed by atoms with Crippen LogP contribution < -0.4 is 29.6 Å². The first-order chi connectivity index (χ1) is 5.41. The van der Waals surface area contributed by atoms with Gasteiger partial charge >= 0.3 is 43.0 Å². The van der Waals surface area contributed by atoms with Gasteiger partial charge in [0.2, 0.25) is 0 Å². The number of hydrogen-bond acceptors (Lipinski definition) is 2. The van der Waals surface area contributed by atoms with Gasteiger partial charge in [-0.15, -0.1) is 0 Å². The van der Waals surface area contributed by atoms with Crippen LogP contribution in [0.4, 0.5) is 0 Å². The molecule has 0 unspecified atom stereocenters. The van der Waals surface area contributed by atoms with Crippen LogP contribution in [0.25, 0.3) is 0 Å². The van der Waals surface area contributed by atoms with Gasteiger partial charge in [0.25, 0.3) is 0 Å². The van der Waals surface area contributed by atoms with E-state index < -0.39 is 13.4 Å². The molecule has 0 aromatic carbocycles. The maximum Gasteiger partial charge on any atom is 1.00 e. The molecule has 0 aliphatic rings. The average Bonchev–Trinajstić information content (AvgIpc) is 1.52. The van der Waals surface area contributed by atoms with E-state index in [4.69, 9.17) is 29.4 Å². The molecule has 0 aliphatic heterocycles.